The summed E-state index contributed by atoms with van der Waals surface area (Å²) in [6.07, 6.45) is 73.6. The SMILES string of the molecule is CC/C=C\C/C=C\C/C=C\C/C=C\C/C=C\C/C=C\C/C=C\CCCCCC(=O)OCC(COC(=O)CCCCCCC/C=C\CCCCC)OC(=O)CCCCCCC/C=C\CCCCC. The number of hydrogen-bond donors (Lipinski definition) is 0. The summed E-state index contributed by atoms with van der Waals surface area (Å²) in [6, 6.07) is 0. The molecule has 0 bridgehead atoms. The number of unbranched alkanes of at least 4 members (excludes halogenated alkanes) is 19. The van der Waals surface area contributed by atoms with Crippen molar-refractivity contribution in [2.45, 2.75) is 245 Å². The number of allylic oxidation sites excluding steroid dienone is 18. The molecule has 6 heteroatoms. The Morgan fingerprint density at radius 2 is 0.582 bits per heavy atom. The number of carbonyl (C=O) groups is 3. The minimum absolute atomic E-state index is 0.0979. The smallest absolute Gasteiger partial charge is 0.306 e. The van der Waals surface area contributed by atoms with Crippen molar-refractivity contribution in [1.82, 2.24) is 0 Å². The lowest BCUT2D eigenvalue weighted by atomic mass is 10.1. The molecule has 0 aromatic carbocycles. The van der Waals surface area contributed by atoms with Gasteiger partial charge in [0.25, 0.3) is 0 Å². The van der Waals surface area contributed by atoms with Gasteiger partial charge in [0.05, 0.1) is 0 Å². The van der Waals surface area contributed by atoms with Crippen LogP contribution < -0.4 is 0 Å². The molecule has 1 unspecified atom stereocenters. The quantitative estimate of drug-likeness (QED) is 0.0262. The van der Waals surface area contributed by atoms with Crippen LogP contribution in [0.2, 0.25) is 0 Å². The van der Waals surface area contributed by atoms with E-state index in [1.807, 2.05) is 0 Å². The molecule has 1 atom stereocenters. The molecular formula is C61H100O6. The number of carbonyl (C=O) groups excluding carboxylic acids is 3. The maximum absolute atomic E-state index is 12.8. The first-order valence-electron chi connectivity index (χ1n) is 27.4. The van der Waals surface area contributed by atoms with E-state index in [2.05, 4.69) is 130 Å². The van der Waals surface area contributed by atoms with Crippen molar-refractivity contribution < 1.29 is 28.6 Å². The predicted octanol–water partition coefficient (Wildman–Crippen LogP) is 18.3. The van der Waals surface area contributed by atoms with E-state index in [9.17, 15) is 14.4 Å². The monoisotopic (exact) mass is 929 g/mol. The van der Waals surface area contributed by atoms with E-state index in [1.165, 1.54) is 64.2 Å². The summed E-state index contributed by atoms with van der Waals surface area (Å²) in [7, 11) is 0. The van der Waals surface area contributed by atoms with Gasteiger partial charge in [0.1, 0.15) is 13.2 Å². The highest BCUT2D eigenvalue weighted by atomic mass is 16.6. The molecular weight excluding hydrogens is 829 g/mol. The van der Waals surface area contributed by atoms with Crippen LogP contribution in [0.15, 0.2) is 109 Å². The third kappa shape index (κ3) is 52.9. The number of rotatable bonds is 48. The number of ether oxygens (including phenoxy) is 3. The molecule has 0 saturated carbocycles. The van der Waals surface area contributed by atoms with Gasteiger partial charge in [-0.2, -0.15) is 0 Å². The molecule has 0 N–H and O–H groups in total. The van der Waals surface area contributed by atoms with E-state index in [-0.39, 0.29) is 31.1 Å². The van der Waals surface area contributed by atoms with Gasteiger partial charge in [0.2, 0.25) is 0 Å². The van der Waals surface area contributed by atoms with E-state index in [0.29, 0.717) is 19.3 Å². The maximum atomic E-state index is 12.8. The van der Waals surface area contributed by atoms with Crippen LogP contribution in [0.3, 0.4) is 0 Å². The van der Waals surface area contributed by atoms with E-state index in [0.717, 1.165) is 135 Å². The summed E-state index contributed by atoms with van der Waals surface area (Å²) >= 11 is 0. The van der Waals surface area contributed by atoms with E-state index < -0.39 is 6.10 Å². The Balaban J connectivity index is 4.40. The standard InChI is InChI=1S/C61H100O6/c1-4-7-10-13-16-19-22-25-26-27-28-29-30-31-32-33-34-35-36-37-40-42-45-48-51-54-60(63)66-57-58(67-61(64)55-52-49-46-43-39-24-21-18-15-12-9-6-3)56-65-59(62)53-50-47-44-41-38-23-20-17-14-11-8-5-2/h7,10,16-21,25-26,28-29,31-32,34-35,37,40,58H,4-6,8-9,11-15,22-24,27,30,33,36,38-39,41-57H2,1-3H3/b10-7-,19-16-,20-17-,21-18-,26-25-,29-28-,32-31-,35-34-,40-37-. The molecule has 0 saturated heterocycles. The Bertz CT molecular complexity index is 1390. The lowest BCUT2D eigenvalue weighted by Gasteiger charge is -2.18. The van der Waals surface area contributed by atoms with Gasteiger partial charge in [-0.1, -0.05) is 201 Å². The summed E-state index contributed by atoms with van der Waals surface area (Å²) in [5.74, 6) is -0.954. The van der Waals surface area contributed by atoms with Gasteiger partial charge in [-0.05, 0) is 128 Å². The van der Waals surface area contributed by atoms with Crippen molar-refractivity contribution in [3.63, 3.8) is 0 Å². The van der Waals surface area contributed by atoms with E-state index >= 15 is 0 Å². The highest BCUT2D eigenvalue weighted by molar-refractivity contribution is 5.71. The molecule has 0 aromatic heterocycles. The van der Waals surface area contributed by atoms with Gasteiger partial charge in [0.15, 0.2) is 6.10 Å². The summed E-state index contributed by atoms with van der Waals surface area (Å²) < 4.78 is 16.8. The second kappa shape index (κ2) is 54.7. The normalized spacial score (nSPS) is 12.9. The van der Waals surface area contributed by atoms with Gasteiger partial charge >= 0.3 is 17.9 Å². The topological polar surface area (TPSA) is 78.9 Å². The van der Waals surface area contributed by atoms with Crippen molar-refractivity contribution in [1.29, 1.82) is 0 Å². The molecule has 0 fully saturated rings. The fourth-order valence-corrected chi connectivity index (χ4v) is 7.12. The Labute approximate surface area is 412 Å². The zero-order valence-corrected chi connectivity index (χ0v) is 43.4. The number of esters is 3. The minimum Gasteiger partial charge on any atom is -0.462 e. The highest BCUT2D eigenvalue weighted by Crippen LogP contribution is 2.13. The zero-order chi connectivity index (χ0) is 48.6. The van der Waals surface area contributed by atoms with Gasteiger partial charge in [0, 0.05) is 19.3 Å². The molecule has 0 spiro atoms. The average molecular weight is 929 g/mol. The third-order valence-corrected chi connectivity index (χ3v) is 11.2. The molecule has 0 heterocycles. The molecule has 0 aromatic rings. The number of hydrogen-bond acceptors (Lipinski definition) is 6. The molecule has 67 heavy (non-hydrogen) atoms. The average Bonchev–Trinajstić information content (AvgIpc) is 3.33. The molecule has 0 aliphatic rings. The molecule has 0 aliphatic heterocycles. The van der Waals surface area contributed by atoms with Gasteiger partial charge < -0.3 is 14.2 Å². The molecule has 380 valence electrons. The lowest BCUT2D eigenvalue weighted by molar-refractivity contribution is -0.167. The Hall–Kier alpha value is -3.93. The van der Waals surface area contributed by atoms with Crippen LogP contribution in [-0.2, 0) is 28.6 Å². The first-order chi connectivity index (χ1) is 33.0. The fourth-order valence-electron chi connectivity index (χ4n) is 7.12. The molecule has 0 aliphatic carbocycles. The molecule has 0 rings (SSSR count). The van der Waals surface area contributed by atoms with Crippen LogP contribution in [0.25, 0.3) is 0 Å². The second-order valence-corrected chi connectivity index (χ2v) is 17.7. The van der Waals surface area contributed by atoms with Gasteiger partial charge in [-0.3, -0.25) is 14.4 Å². The van der Waals surface area contributed by atoms with E-state index in [1.54, 1.807) is 0 Å². The Morgan fingerprint density at radius 1 is 0.313 bits per heavy atom. The third-order valence-electron chi connectivity index (χ3n) is 11.2. The van der Waals surface area contributed by atoms with Crippen LogP contribution in [0, 0.1) is 0 Å². The second-order valence-electron chi connectivity index (χ2n) is 17.7. The Morgan fingerprint density at radius 3 is 0.940 bits per heavy atom. The first kappa shape index (κ1) is 63.1. The van der Waals surface area contributed by atoms with Crippen molar-refractivity contribution in [3.8, 4) is 0 Å². The van der Waals surface area contributed by atoms with Gasteiger partial charge in [-0.15, -0.1) is 0 Å². The van der Waals surface area contributed by atoms with Crippen LogP contribution in [-0.4, -0.2) is 37.2 Å². The summed E-state index contributed by atoms with van der Waals surface area (Å²) in [5, 5.41) is 0. The summed E-state index contributed by atoms with van der Waals surface area (Å²) in [4.78, 5) is 38.0. The minimum atomic E-state index is -0.800. The zero-order valence-electron chi connectivity index (χ0n) is 43.4. The van der Waals surface area contributed by atoms with Crippen LogP contribution in [0.1, 0.15) is 239 Å². The van der Waals surface area contributed by atoms with Crippen LogP contribution in [0.5, 0.6) is 0 Å². The van der Waals surface area contributed by atoms with Crippen molar-refractivity contribution >= 4 is 17.9 Å². The Kier molecular flexibility index (Phi) is 51.5. The van der Waals surface area contributed by atoms with Gasteiger partial charge in [-0.25, -0.2) is 0 Å². The summed E-state index contributed by atoms with van der Waals surface area (Å²) in [6.45, 7) is 6.42. The largest absolute Gasteiger partial charge is 0.462 e. The van der Waals surface area contributed by atoms with Crippen molar-refractivity contribution in [2.75, 3.05) is 13.2 Å². The van der Waals surface area contributed by atoms with Crippen molar-refractivity contribution in [3.05, 3.63) is 109 Å². The lowest BCUT2D eigenvalue weighted by Crippen LogP contribution is -2.30. The molecule has 0 radical (unpaired) electrons. The predicted molar refractivity (Wildman–Crippen MR) is 288 cm³/mol. The summed E-state index contributed by atoms with van der Waals surface area (Å²) in [5.41, 5.74) is 0. The first-order valence-corrected chi connectivity index (χ1v) is 27.4. The molecule has 0 amide bonds. The van der Waals surface area contributed by atoms with Crippen LogP contribution >= 0.6 is 0 Å². The maximum Gasteiger partial charge on any atom is 0.306 e. The van der Waals surface area contributed by atoms with Crippen molar-refractivity contribution in [2.24, 2.45) is 0 Å². The van der Waals surface area contributed by atoms with E-state index in [4.69, 9.17) is 14.2 Å². The van der Waals surface area contributed by atoms with Crippen LogP contribution in [0.4, 0.5) is 0 Å². The highest BCUT2D eigenvalue weighted by Gasteiger charge is 2.19. The molecule has 6 nitrogen and oxygen atoms in total. The fraction of sp³-hybridized carbons (Fsp3) is 0.656.